The highest BCUT2D eigenvalue weighted by Gasteiger charge is 2.01. The van der Waals surface area contributed by atoms with Gasteiger partial charge in [0.2, 0.25) is 0 Å². The lowest BCUT2D eigenvalue weighted by Gasteiger charge is -2.06. The van der Waals surface area contributed by atoms with E-state index >= 15 is 0 Å². The van der Waals surface area contributed by atoms with E-state index in [1.54, 1.807) is 0 Å². The minimum atomic E-state index is 0.323. The molecule has 3 rings (SSSR count). The lowest BCUT2D eigenvalue weighted by Crippen LogP contribution is -1.92. The minimum absolute atomic E-state index is 0.323. The molecule has 0 saturated heterocycles. The topological polar surface area (TPSA) is 61.6 Å². The molecule has 90 valence electrons. The zero-order valence-electron chi connectivity index (χ0n) is 10.0. The first kappa shape index (κ1) is 11.2. The summed E-state index contributed by atoms with van der Waals surface area (Å²) in [6.45, 7) is 0. The monoisotopic (exact) mass is 246 g/mol. The Morgan fingerprint density at radius 1 is 0.947 bits per heavy atom. The van der Waals surface area contributed by atoms with Crippen LogP contribution in [0.25, 0.3) is 11.0 Å². The first-order chi connectivity index (χ1) is 9.35. The van der Waals surface area contributed by atoms with Gasteiger partial charge < -0.3 is 5.32 Å². The molecule has 2 aromatic carbocycles. The van der Waals surface area contributed by atoms with Crippen LogP contribution in [-0.2, 0) is 0 Å². The summed E-state index contributed by atoms with van der Waals surface area (Å²) in [7, 11) is 0. The van der Waals surface area contributed by atoms with E-state index in [-0.39, 0.29) is 0 Å². The Morgan fingerprint density at radius 2 is 1.79 bits per heavy atom. The van der Waals surface area contributed by atoms with Gasteiger partial charge in [-0.15, -0.1) is 0 Å². The van der Waals surface area contributed by atoms with Crippen LogP contribution in [0.1, 0.15) is 5.69 Å². The molecule has 19 heavy (non-hydrogen) atoms. The molecule has 0 aliphatic carbocycles. The smallest absolute Gasteiger partial charge is 0.159 e. The number of rotatable bonds is 2. The number of nitrogens with zero attached hydrogens (tertiary/aromatic N) is 3. The van der Waals surface area contributed by atoms with Crippen molar-refractivity contribution in [3.8, 4) is 6.07 Å². The molecule has 4 nitrogen and oxygen atoms in total. The van der Waals surface area contributed by atoms with Gasteiger partial charge in [-0.05, 0) is 30.3 Å². The van der Waals surface area contributed by atoms with Crippen molar-refractivity contribution in [3.05, 3.63) is 60.4 Å². The lowest BCUT2D eigenvalue weighted by molar-refractivity contribution is 1.24. The number of hydrogen-bond acceptors (Lipinski definition) is 4. The van der Waals surface area contributed by atoms with E-state index in [2.05, 4.69) is 15.3 Å². The van der Waals surface area contributed by atoms with Gasteiger partial charge in [0.05, 0.1) is 17.2 Å². The molecule has 0 spiro atoms. The molecule has 1 N–H and O–H groups in total. The number of benzene rings is 2. The molecule has 0 amide bonds. The third-order valence-electron chi connectivity index (χ3n) is 2.72. The zero-order chi connectivity index (χ0) is 13.1. The summed E-state index contributed by atoms with van der Waals surface area (Å²) >= 11 is 0. The zero-order valence-corrected chi connectivity index (χ0v) is 10.0. The molecule has 1 heterocycles. The maximum atomic E-state index is 8.83. The summed E-state index contributed by atoms with van der Waals surface area (Å²) in [6, 6.07) is 17.6. The quantitative estimate of drug-likeness (QED) is 0.754. The number of nitrogens with one attached hydrogen (secondary N) is 1. The maximum Gasteiger partial charge on any atom is 0.159 e. The molecule has 0 fully saturated rings. The fourth-order valence-electron chi connectivity index (χ4n) is 1.83. The summed E-state index contributed by atoms with van der Waals surface area (Å²) < 4.78 is 0. The molecule has 0 atom stereocenters. The van der Waals surface area contributed by atoms with E-state index in [9.17, 15) is 0 Å². The first-order valence-corrected chi connectivity index (χ1v) is 5.84. The summed E-state index contributed by atoms with van der Waals surface area (Å²) in [5.74, 6) is 0. The highest BCUT2D eigenvalue weighted by molar-refractivity contribution is 5.80. The SMILES string of the molecule is N#Cc1cnc2ccc(Nc3ccccc3)cc2n1. The van der Waals surface area contributed by atoms with Crippen LogP contribution in [0.2, 0.25) is 0 Å². The van der Waals surface area contributed by atoms with Crippen molar-refractivity contribution in [1.82, 2.24) is 9.97 Å². The van der Waals surface area contributed by atoms with E-state index in [0.29, 0.717) is 11.2 Å². The van der Waals surface area contributed by atoms with Crippen molar-refractivity contribution in [3.63, 3.8) is 0 Å². The second kappa shape index (κ2) is 4.75. The highest BCUT2D eigenvalue weighted by Crippen LogP contribution is 2.20. The number of fused-ring (bicyclic) bond motifs is 1. The molecule has 0 aliphatic heterocycles. The van der Waals surface area contributed by atoms with Crippen molar-refractivity contribution < 1.29 is 0 Å². The van der Waals surface area contributed by atoms with Crippen molar-refractivity contribution in [2.24, 2.45) is 0 Å². The van der Waals surface area contributed by atoms with Crippen molar-refractivity contribution in [1.29, 1.82) is 5.26 Å². The van der Waals surface area contributed by atoms with E-state index in [1.807, 2.05) is 54.6 Å². The molecule has 1 aromatic heterocycles. The second-order valence-electron chi connectivity index (χ2n) is 4.06. The summed E-state index contributed by atoms with van der Waals surface area (Å²) in [6.07, 6.45) is 1.48. The van der Waals surface area contributed by atoms with E-state index in [0.717, 1.165) is 16.9 Å². The fourth-order valence-corrected chi connectivity index (χ4v) is 1.83. The largest absolute Gasteiger partial charge is 0.355 e. The van der Waals surface area contributed by atoms with E-state index in [4.69, 9.17) is 5.26 Å². The van der Waals surface area contributed by atoms with Crippen LogP contribution in [0.3, 0.4) is 0 Å². The van der Waals surface area contributed by atoms with Crippen LogP contribution < -0.4 is 5.32 Å². The Labute approximate surface area is 110 Å². The van der Waals surface area contributed by atoms with Gasteiger partial charge in [0.15, 0.2) is 5.69 Å². The molecule has 0 unspecified atom stereocenters. The summed E-state index contributed by atoms with van der Waals surface area (Å²) in [5, 5.41) is 12.1. The average Bonchev–Trinajstić information content (AvgIpc) is 2.47. The Balaban J connectivity index is 1.99. The molecule has 4 heteroatoms. The predicted molar refractivity (Wildman–Crippen MR) is 74.0 cm³/mol. The Morgan fingerprint density at radius 3 is 2.58 bits per heavy atom. The molecule has 0 aliphatic rings. The second-order valence-corrected chi connectivity index (χ2v) is 4.06. The number of para-hydroxylation sites is 1. The molecule has 0 bridgehead atoms. The number of nitriles is 1. The molecule has 0 radical (unpaired) electrons. The normalized spacial score (nSPS) is 10.1. The third kappa shape index (κ3) is 2.35. The highest BCUT2D eigenvalue weighted by atomic mass is 14.9. The fraction of sp³-hybridized carbons (Fsp3) is 0. The van der Waals surface area contributed by atoms with Crippen LogP contribution >= 0.6 is 0 Å². The standard InChI is InChI=1S/C15H10N4/c16-9-13-10-17-14-7-6-12(8-15(14)19-13)18-11-4-2-1-3-5-11/h1-8,10,18H. The number of hydrogen-bond donors (Lipinski definition) is 1. The summed E-state index contributed by atoms with van der Waals surface area (Å²) in [4.78, 5) is 8.42. The maximum absolute atomic E-state index is 8.83. The number of aromatic nitrogens is 2. The predicted octanol–water partition coefficient (Wildman–Crippen LogP) is 3.25. The van der Waals surface area contributed by atoms with Crippen LogP contribution in [0.15, 0.2) is 54.7 Å². The Kier molecular flexibility index (Phi) is 2.79. The Hall–Kier alpha value is -2.93. The van der Waals surface area contributed by atoms with Gasteiger partial charge in [-0.1, -0.05) is 18.2 Å². The van der Waals surface area contributed by atoms with Gasteiger partial charge >= 0.3 is 0 Å². The number of anilines is 2. The van der Waals surface area contributed by atoms with Crippen molar-refractivity contribution in [2.45, 2.75) is 0 Å². The van der Waals surface area contributed by atoms with Crippen molar-refractivity contribution >= 4 is 22.4 Å². The van der Waals surface area contributed by atoms with Gasteiger partial charge in [0.25, 0.3) is 0 Å². The van der Waals surface area contributed by atoms with E-state index < -0.39 is 0 Å². The van der Waals surface area contributed by atoms with Gasteiger partial charge in [-0.2, -0.15) is 5.26 Å². The minimum Gasteiger partial charge on any atom is -0.355 e. The molecular weight excluding hydrogens is 236 g/mol. The lowest BCUT2D eigenvalue weighted by atomic mass is 10.2. The van der Waals surface area contributed by atoms with E-state index in [1.165, 1.54) is 6.20 Å². The van der Waals surface area contributed by atoms with Crippen LogP contribution in [0.4, 0.5) is 11.4 Å². The molecular formula is C15H10N4. The van der Waals surface area contributed by atoms with Gasteiger partial charge in [0, 0.05) is 11.4 Å². The molecule has 0 saturated carbocycles. The molecule has 3 aromatic rings. The Bertz CT molecular complexity index is 760. The van der Waals surface area contributed by atoms with Crippen LogP contribution in [0.5, 0.6) is 0 Å². The third-order valence-corrected chi connectivity index (χ3v) is 2.72. The van der Waals surface area contributed by atoms with Gasteiger partial charge in [0.1, 0.15) is 6.07 Å². The van der Waals surface area contributed by atoms with Gasteiger partial charge in [-0.3, -0.25) is 4.98 Å². The average molecular weight is 246 g/mol. The first-order valence-electron chi connectivity index (χ1n) is 5.84. The van der Waals surface area contributed by atoms with Crippen LogP contribution in [0, 0.1) is 11.3 Å². The van der Waals surface area contributed by atoms with Crippen LogP contribution in [-0.4, -0.2) is 9.97 Å². The van der Waals surface area contributed by atoms with Crippen molar-refractivity contribution in [2.75, 3.05) is 5.32 Å². The summed E-state index contributed by atoms with van der Waals surface area (Å²) in [5.41, 5.74) is 3.73. The van der Waals surface area contributed by atoms with Gasteiger partial charge in [-0.25, -0.2) is 4.98 Å².